The Morgan fingerprint density at radius 3 is 2.96 bits per heavy atom. The van der Waals surface area contributed by atoms with Gasteiger partial charge >= 0.3 is 0 Å². The van der Waals surface area contributed by atoms with Crippen LogP contribution in [0.4, 0.5) is 11.5 Å². The molecule has 0 aliphatic rings. The number of nitrogens with zero attached hydrogens (tertiary/aromatic N) is 6. The fourth-order valence-electron chi connectivity index (χ4n) is 2.29. The van der Waals surface area contributed by atoms with Crippen LogP contribution in [-0.4, -0.2) is 35.9 Å². The van der Waals surface area contributed by atoms with Crippen molar-refractivity contribution in [3.8, 4) is 23.0 Å². The molecule has 4 heterocycles. The predicted octanol–water partition coefficient (Wildman–Crippen LogP) is 1.35. The van der Waals surface area contributed by atoms with Crippen LogP contribution in [0.25, 0.3) is 23.0 Å². The van der Waals surface area contributed by atoms with Gasteiger partial charge in [0.2, 0.25) is 12.3 Å². The van der Waals surface area contributed by atoms with E-state index in [9.17, 15) is 4.79 Å². The first-order valence-corrected chi connectivity index (χ1v) is 7.39. The quantitative estimate of drug-likeness (QED) is 0.554. The van der Waals surface area contributed by atoms with E-state index in [0.717, 1.165) is 0 Å². The van der Waals surface area contributed by atoms with Gasteiger partial charge in [0.05, 0.1) is 5.69 Å². The van der Waals surface area contributed by atoms with Gasteiger partial charge in [-0.05, 0) is 12.1 Å². The van der Waals surface area contributed by atoms with Gasteiger partial charge in [0.1, 0.15) is 12.1 Å². The number of nitrogens with two attached hydrogens (primary N) is 1. The van der Waals surface area contributed by atoms with Crippen molar-refractivity contribution < 1.29 is 13.6 Å². The largest absolute Gasteiger partial charge is 0.444 e. The van der Waals surface area contributed by atoms with E-state index >= 15 is 0 Å². The summed E-state index contributed by atoms with van der Waals surface area (Å²) in [7, 11) is 1.71. The monoisotopic (exact) mass is 352 g/mol. The summed E-state index contributed by atoms with van der Waals surface area (Å²) in [5.41, 5.74) is 7.10. The second kappa shape index (κ2) is 6.12. The molecule has 26 heavy (non-hydrogen) atoms. The van der Waals surface area contributed by atoms with Crippen LogP contribution in [-0.2, 0) is 7.05 Å². The Morgan fingerprint density at radius 2 is 2.19 bits per heavy atom. The molecule has 0 radical (unpaired) electrons. The van der Waals surface area contributed by atoms with E-state index in [1.165, 1.54) is 23.5 Å². The van der Waals surface area contributed by atoms with Crippen LogP contribution in [0.3, 0.4) is 0 Å². The number of carbonyl (C=O) groups is 1. The molecule has 0 bridgehead atoms. The molecule has 0 fully saturated rings. The Labute approximate surface area is 145 Å². The molecular weight excluding hydrogens is 340 g/mol. The number of carbonyl (C=O) groups excluding carboxylic acids is 1. The maximum absolute atomic E-state index is 12.5. The molecule has 0 aliphatic carbocycles. The number of hydrogen-bond donors (Lipinski definition) is 2. The Kier molecular flexibility index (Phi) is 3.65. The van der Waals surface area contributed by atoms with Crippen molar-refractivity contribution in [3.05, 3.63) is 42.9 Å². The topological polar surface area (TPSA) is 151 Å². The maximum Gasteiger partial charge on any atom is 0.277 e. The third-order valence-corrected chi connectivity index (χ3v) is 3.40. The van der Waals surface area contributed by atoms with Crippen molar-refractivity contribution in [1.29, 1.82) is 0 Å². The number of aryl methyl sites for hydroxylation is 1. The lowest BCUT2D eigenvalue weighted by Gasteiger charge is -2.00. The number of aromatic nitrogens is 6. The van der Waals surface area contributed by atoms with Crippen molar-refractivity contribution in [1.82, 2.24) is 29.9 Å². The van der Waals surface area contributed by atoms with Crippen LogP contribution in [0, 0.1) is 0 Å². The van der Waals surface area contributed by atoms with E-state index in [0.29, 0.717) is 22.8 Å². The summed E-state index contributed by atoms with van der Waals surface area (Å²) in [4.78, 5) is 20.6. The molecular formula is C15H12N8O3. The molecule has 4 aromatic rings. The van der Waals surface area contributed by atoms with Gasteiger partial charge in [-0.2, -0.15) is 5.10 Å². The van der Waals surface area contributed by atoms with Crippen LogP contribution in [0.5, 0.6) is 0 Å². The summed E-state index contributed by atoms with van der Waals surface area (Å²) in [5, 5.41) is 14.3. The number of amides is 1. The third kappa shape index (κ3) is 2.88. The number of rotatable bonds is 4. The molecule has 11 nitrogen and oxygen atoms in total. The summed E-state index contributed by atoms with van der Waals surface area (Å²) in [6.45, 7) is 0. The summed E-state index contributed by atoms with van der Waals surface area (Å²) < 4.78 is 12.0. The fourth-order valence-corrected chi connectivity index (χ4v) is 2.29. The minimum Gasteiger partial charge on any atom is -0.444 e. The van der Waals surface area contributed by atoms with Crippen LogP contribution in [0.15, 0.2) is 46.0 Å². The minimum atomic E-state index is -0.476. The molecule has 0 unspecified atom stereocenters. The fraction of sp³-hybridized carbons (Fsp3) is 0.0667. The lowest BCUT2D eigenvalue weighted by molar-refractivity contribution is 0.102. The summed E-state index contributed by atoms with van der Waals surface area (Å²) in [5.74, 6) is 0.295. The summed E-state index contributed by atoms with van der Waals surface area (Å²) >= 11 is 0. The molecule has 1 amide bonds. The molecule has 0 spiro atoms. The summed E-state index contributed by atoms with van der Waals surface area (Å²) in [6.07, 6.45) is 5.58. The lowest BCUT2D eigenvalue weighted by Crippen LogP contribution is -2.12. The second-order valence-corrected chi connectivity index (χ2v) is 5.27. The van der Waals surface area contributed by atoms with Crippen molar-refractivity contribution in [2.75, 3.05) is 11.1 Å². The van der Waals surface area contributed by atoms with E-state index in [-0.39, 0.29) is 17.5 Å². The van der Waals surface area contributed by atoms with E-state index in [4.69, 9.17) is 14.6 Å². The number of pyridine rings is 1. The van der Waals surface area contributed by atoms with Gasteiger partial charge in [-0.25, -0.2) is 9.97 Å². The Hall–Kier alpha value is -4.02. The minimum absolute atomic E-state index is 0.0933. The van der Waals surface area contributed by atoms with Gasteiger partial charge in [-0.15, -0.1) is 10.2 Å². The van der Waals surface area contributed by atoms with Crippen molar-refractivity contribution in [2.45, 2.75) is 0 Å². The molecule has 130 valence electrons. The number of anilines is 2. The van der Waals surface area contributed by atoms with Crippen LogP contribution in [0.1, 0.15) is 10.5 Å². The van der Waals surface area contributed by atoms with Gasteiger partial charge in [0.15, 0.2) is 11.4 Å². The maximum atomic E-state index is 12.5. The highest BCUT2D eigenvalue weighted by molar-refractivity contribution is 6.04. The molecule has 0 aromatic carbocycles. The first kappa shape index (κ1) is 15.5. The molecule has 0 aliphatic heterocycles. The van der Waals surface area contributed by atoms with E-state index < -0.39 is 5.91 Å². The third-order valence-electron chi connectivity index (χ3n) is 3.40. The average Bonchev–Trinajstić information content (AvgIpc) is 3.35. The Bertz CT molecular complexity index is 1070. The lowest BCUT2D eigenvalue weighted by atomic mass is 10.2. The Morgan fingerprint density at radius 1 is 1.31 bits per heavy atom. The van der Waals surface area contributed by atoms with Crippen LogP contribution in [0.2, 0.25) is 0 Å². The van der Waals surface area contributed by atoms with Crippen molar-refractivity contribution in [2.24, 2.45) is 7.05 Å². The smallest absolute Gasteiger partial charge is 0.277 e. The van der Waals surface area contributed by atoms with Gasteiger partial charge in [0, 0.05) is 25.0 Å². The van der Waals surface area contributed by atoms with Gasteiger partial charge in [0.25, 0.3) is 11.8 Å². The Balaban J connectivity index is 1.59. The van der Waals surface area contributed by atoms with Crippen LogP contribution < -0.4 is 11.1 Å². The van der Waals surface area contributed by atoms with Crippen molar-refractivity contribution >= 4 is 17.4 Å². The average molecular weight is 352 g/mol. The van der Waals surface area contributed by atoms with Gasteiger partial charge in [-0.1, -0.05) is 0 Å². The zero-order valence-electron chi connectivity index (χ0n) is 13.4. The number of nitrogens with one attached hydrogen (secondary N) is 1. The highest BCUT2D eigenvalue weighted by Gasteiger charge is 2.20. The highest BCUT2D eigenvalue weighted by Crippen LogP contribution is 2.25. The van der Waals surface area contributed by atoms with E-state index in [1.54, 1.807) is 25.4 Å². The summed E-state index contributed by atoms with van der Waals surface area (Å²) in [6, 6.07) is 3.28. The SMILES string of the molecule is Cn1cc(NC(=O)c2coc(-c3ccnc(N)c3)n2)c(-c2nnco2)n1. The molecule has 4 aromatic heterocycles. The number of oxazole rings is 1. The highest BCUT2D eigenvalue weighted by atomic mass is 16.4. The van der Waals surface area contributed by atoms with Gasteiger partial charge < -0.3 is 19.9 Å². The van der Waals surface area contributed by atoms with Gasteiger partial charge in [-0.3, -0.25) is 9.48 Å². The molecule has 4 rings (SSSR count). The second-order valence-electron chi connectivity index (χ2n) is 5.27. The molecule has 3 N–H and O–H groups in total. The first-order chi connectivity index (χ1) is 12.6. The predicted molar refractivity (Wildman–Crippen MR) is 88.6 cm³/mol. The van der Waals surface area contributed by atoms with Crippen LogP contribution >= 0.6 is 0 Å². The first-order valence-electron chi connectivity index (χ1n) is 7.39. The van der Waals surface area contributed by atoms with E-state index in [2.05, 4.69) is 30.6 Å². The molecule has 0 saturated carbocycles. The number of hydrogen-bond acceptors (Lipinski definition) is 9. The zero-order valence-corrected chi connectivity index (χ0v) is 13.4. The molecule has 0 atom stereocenters. The standard InChI is InChI=1S/C15H12N8O3/c1-23-5-9(12(22-23)15-21-18-7-26-15)19-13(24)10-6-25-14(20-10)8-2-3-17-11(16)4-8/h2-7H,1H3,(H2,16,17)(H,19,24). The zero-order chi connectivity index (χ0) is 18.1. The van der Waals surface area contributed by atoms with Crippen molar-refractivity contribution in [3.63, 3.8) is 0 Å². The molecule has 0 saturated heterocycles. The number of nitrogen functional groups attached to an aromatic ring is 1. The molecule has 11 heteroatoms. The van der Waals surface area contributed by atoms with E-state index in [1.807, 2.05) is 0 Å². The normalized spacial score (nSPS) is 10.8.